The van der Waals surface area contributed by atoms with Gasteiger partial charge >= 0.3 is 6.03 Å². The van der Waals surface area contributed by atoms with Crippen molar-refractivity contribution < 1.29 is 14.1 Å². The number of nitrogens with zero attached hydrogens (tertiary/aromatic N) is 4. The number of urea groups is 1. The molecule has 0 bridgehead atoms. The van der Waals surface area contributed by atoms with Crippen molar-refractivity contribution in [1.29, 1.82) is 0 Å². The van der Waals surface area contributed by atoms with Crippen LogP contribution in [0.3, 0.4) is 0 Å². The molecule has 160 valence electrons. The summed E-state index contributed by atoms with van der Waals surface area (Å²) in [6, 6.07) is 0.386. The Bertz CT molecular complexity index is 711. The zero-order valence-electron chi connectivity index (χ0n) is 17.4. The highest BCUT2D eigenvalue weighted by Gasteiger charge is 2.31. The van der Waals surface area contributed by atoms with Gasteiger partial charge in [0.05, 0.1) is 0 Å². The van der Waals surface area contributed by atoms with Gasteiger partial charge in [0.15, 0.2) is 5.82 Å². The molecule has 4 rings (SSSR count). The average Bonchev–Trinajstić information content (AvgIpc) is 3.33. The monoisotopic (exact) mass is 403 g/mol. The molecule has 2 saturated carbocycles. The van der Waals surface area contributed by atoms with Crippen molar-refractivity contribution >= 4 is 11.9 Å². The number of hydrogen-bond donors (Lipinski definition) is 1. The molecule has 2 aliphatic carbocycles. The van der Waals surface area contributed by atoms with Gasteiger partial charge in [0.1, 0.15) is 0 Å². The number of piperidine rings is 1. The molecule has 0 aromatic carbocycles. The van der Waals surface area contributed by atoms with Gasteiger partial charge in [-0.2, -0.15) is 4.98 Å². The highest BCUT2D eigenvalue weighted by atomic mass is 16.5. The molecule has 29 heavy (non-hydrogen) atoms. The molecule has 8 nitrogen and oxygen atoms in total. The molecule has 3 aliphatic rings. The van der Waals surface area contributed by atoms with E-state index in [4.69, 9.17) is 4.52 Å². The van der Waals surface area contributed by atoms with E-state index in [1.807, 2.05) is 9.80 Å². The fraction of sp³-hybridized carbons (Fsp3) is 0.810. The van der Waals surface area contributed by atoms with Gasteiger partial charge in [0, 0.05) is 51.0 Å². The summed E-state index contributed by atoms with van der Waals surface area (Å²) in [5.41, 5.74) is 0. The molecule has 1 aromatic rings. The zero-order chi connectivity index (χ0) is 20.2. The first-order valence-corrected chi connectivity index (χ1v) is 11.3. The number of aromatic nitrogens is 2. The van der Waals surface area contributed by atoms with Gasteiger partial charge in [-0.15, -0.1) is 0 Å². The summed E-state index contributed by atoms with van der Waals surface area (Å²) >= 11 is 0. The highest BCUT2D eigenvalue weighted by molar-refractivity contribution is 5.76. The first kappa shape index (κ1) is 20.2. The summed E-state index contributed by atoms with van der Waals surface area (Å²) < 4.78 is 5.39. The van der Waals surface area contributed by atoms with E-state index in [0.717, 1.165) is 51.0 Å². The smallest absolute Gasteiger partial charge is 0.317 e. The van der Waals surface area contributed by atoms with Crippen LogP contribution >= 0.6 is 0 Å². The van der Waals surface area contributed by atoms with Crippen LogP contribution in [-0.2, 0) is 11.2 Å². The van der Waals surface area contributed by atoms with Crippen LogP contribution in [0.4, 0.5) is 4.79 Å². The van der Waals surface area contributed by atoms with Crippen LogP contribution in [0.1, 0.15) is 82.3 Å². The van der Waals surface area contributed by atoms with Gasteiger partial charge in [0.25, 0.3) is 0 Å². The SMILES string of the molecule is CC(=O)N(CCc1noc(C2CCC2)n1)C1CCCN(C(=O)NC2CCCC2)C1. The fourth-order valence-electron chi connectivity index (χ4n) is 4.74. The maximum absolute atomic E-state index is 12.7. The predicted molar refractivity (Wildman–Crippen MR) is 107 cm³/mol. The van der Waals surface area contributed by atoms with E-state index in [9.17, 15) is 9.59 Å². The number of hydrogen-bond acceptors (Lipinski definition) is 5. The Morgan fingerprint density at radius 2 is 1.93 bits per heavy atom. The standard InChI is InChI=1S/C21H33N5O3/c1-15(27)26(13-11-19-23-20(29-24-19)16-6-4-7-16)18-10-5-12-25(14-18)21(28)22-17-8-2-3-9-17/h16-18H,2-14H2,1H3,(H,22,28). The Labute approximate surface area is 172 Å². The van der Waals surface area contributed by atoms with Crippen molar-refractivity contribution in [3.63, 3.8) is 0 Å². The Kier molecular flexibility index (Phi) is 6.35. The molecule has 1 N–H and O–H groups in total. The lowest BCUT2D eigenvalue weighted by atomic mass is 9.85. The normalized spacial score (nSPS) is 23.1. The van der Waals surface area contributed by atoms with E-state index in [1.54, 1.807) is 6.92 Å². The van der Waals surface area contributed by atoms with Crippen molar-refractivity contribution in [2.45, 2.75) is 89.1 Å². The number of carbonyl (C=O) groups is 2. The maximum Gasteiger partial charge on any atom is 0.317 e. The van der Waals surface area contributed by atoms with E-state index in [2.05, 4.69) is 15.5 Å². The summed E-state index contributed by atoms with van der Waals surface area (Å²) in [5.74, 6) is 1.87. The third-order valence-electron chi connectivity index (χ3n) is 6.73. The molecule has 0 radical (unpaired) electrons. The third kappa shape index (κ3) is 4.90. The van der Waals surface area contributed by atoms with Crippen LogP contribution < -0.4 is 5.32 Å². The largest absolute Gasteiger partial charge is 0.339 e. The predicted octanol–water partition coefficient (Wildman–Crippen LogP) is 2.84. The molecule has 1 aromatic heterocycles. The minimum absolute atomic E-state index is 0.0217. The first-order chi connectivity index (χ1) is 14.1. The number of rotatable bonds is 6. The summed E-state index contributed by atoms with van der Waals surface area (Å²) in [6.45, 7) is 3.52. The summed E-state index contributed by atoms with van der Waals surface area (Å²) in [5, 5.41) is 7.27. The summed E-state index contributed by atoms with van der Waals surface area (Å²) in [7, 11) is 0. The molecule has 1 unspecified atom stereocenters. The Balaban J connectivity index is 1.31. The first-order valence-electron chi connectivity index (χ1n) is 11.3. The number of likely N-dealkylation sites (tertiary alicyclic amines) is 1. The van der Waals surface area contributed by atoms with Crippen LogP contribution in [0.15, 0.2) is 4.52 Å². The second kappa shape index (κ2) is 9.13. The van der Waals surface area contributed by atoms with Crippen LogP contribution in [0, 0.1) is 0 Å². The minimum Gasteiger partial charge on any atom is -0.339 e. The molecule has 1 saturated heterocycles. The van der Waals surface area contributed by atoms with Crippen molar-refractivity contribution in [3.05, 3.63) is 11.7 Å². The second-order valence-corrected chi connectivity index (χ2v) is 8.81. The molecule has 3 amide bonds. The van der Waals surface area contributed by atoms with Gasteiger partial charge in [-0.25, -0.2) is 4.79 Å². The van der Waals surface area contributed by atoms with Crippen LogP contribution in [0.25, 0.3) is 0 Å². The topological polar surface area (TPSA) is 91.6 Å². The van der Waals surface area contributed by atoms with Gasteiger partial charge in [-0.1, -0.05) is 24.4 Å². The van der Waals surface area contributed by atoms with E-state index >= 15 is 0 Å². The lowest BCUT2D eigenvalue weighted by Gasteiger charge is -2.39. The molecule has 2 heterocycles. The zero-order valence-corrected chi connectivity index (χ0v) is 17.4. The molecule has 1 aliphatic heterocycles. The Hall–Kier alpha value is -2.12. The Morgan fingerprint density at radius 3 is 2.62 bits per heavy atom. The lowest BCUT2D eigenvalue weighted by molar-refractivity contribution is -0.132. The fourth-order valence-corrected chi connectivity index (χ4v) is 4.74. The molecular weight excluding hydrogens is 370 g/mol. The van der Waals surface area contributed by atoms with E-state index < -0.39 is 0 Å². The van der Waals surface area contributed by atoms with E-state index in [0.29, 0.717) is 37.3 Å². The van der Waals surface area contributed by atoms with Crippen LogP contribution in [0.5, 0.6) is 0 Å². The van der Waals surface area contributed by atoms with Gasteiger partial charge in [-0.3, -0.25) is 4.79 Å². The van der Waals surface area contributed by atoms with Crippen LogP contribution in [-0.4, -0.2) is 63.6 Å². The number of carbonyl (C=O) groups excluding carboxylic acids is 2. The van der Waals surface area contributed by atoms with Crippen molar-refractivity contribution in [3.8, 4) is 0 Å². The van der Waals surface area contributed by atoms with E-state index in [1.165, 1.54) is 19.3 Å². The van der Waals surface area contributed by atoms with E-state index in [-0.39, 0.29) is 18.0 Å². The molecule has 1 atom stereocenters. The summed E-state index contributed by atoms with van der Waals surface area (Å²) in [4.78, 5) is 33.3. The second-order valence-electron chi connectivity index (χ2n) is 8.81. The highest BCUT2D eigenvalue weighted by Crippen LogP contribution is 2.35. The third-order valence-corrected chi connectivity index (χ3v) is 6.73. The van der Waals surface area contributed by atoms with Gasteiger partial charge in [-0.05, 0) is 38.5 Å². The minimum atomic E-state index is 0.0217. The molecule has 3 fully saturated rings. The molecule has 0 spiro atoms. The van der Waals surface area contributed by atoms with Crippen LogP contribution in [0.2, 0.25) is 0 Å². The van der Waals surface area contributed by atoms with Crippen molar-refractivity contribution in [2.24, 2.45) is 0 Å². The molecule has 8 heteroatoms. The quantitative estimate of drug-likeness (QED) is 0.789. The van der Waals surface area contributed by atoms with Gasteiger partial charge < -0.3 is 19.6 Å². The lowest BCUT2D eigenvalue weighted by Crippen LogP contribution is -2.54. The maximum atomic E-state index is 12.7. The number of nitrogens with one attached hydrogen (secondary N) is 1. The average molecular weight is 404 g/mol. The van der Waals surface area contributed by atoms with Crippen molar-refractivity contribution in [2.75, 3.05) is 19.6 Å². The number of amides is 3. The Morgan fingerprint density at radius 1 is 1.14 bits per heavy atom. The summed E-state index contributed by atoms with van der Waals surface area (Å²) in [6.07, 6.45) is 10.5. The molecular formula is C21H33N5O3. The van der Waals surface area contributed by atoms with Crippen molar-refractivity contribution in [1.82, 2.24) is 25.3 Å². The van der Waals surface area contributed by atoms with Gasteiger partial charge in [0.2, 0.25) is 11.8 Å².